The first-order valence-corrected chi connectivity index (χ1v) is 13.6. The average molecular weight is 504 g/mol. The van der Waals surface area contributed by atoms with Crippen molar-refractivity contribution in [1.82, 2.24) is 14.5 Å². The summed E-state index contributed by atoms with van der Waals surface area (Å²) in [4.78, 5) is 18.9. The Balaban J connectivity index is 1.42. The first kappa shape index (κ1) is 24.5. The second-order valence-electron chi connectivity index (χ2n) is 9.88. The zero-order valence-electron chi connectivity index (χ0n) is 19.9. The van der Waals surface area contributed by atoms with Crippen LogP contribution in [-0.4, -0.2) is 53.9 Å². The quantitative estimate of drug-likeness (QED) is 0.485. The van der Waals surface area contributed by atoms with Crippen LogP contribution in [0.5, 0.6) is 0 Å². The number of hydrogen-bond donors (Lipinski definition) is 0. The highest BCUT2D eigenvalue weighted by Gasteiger charge is 2.27. The molecule has 4 rings (SSSR count). The van der Waals surface area contributed by atoms with Crippen molar-refractivity contribution in [3.05, 3.63) is 59.0 Å². The summed E-state index contributed by atoms with van der Waals surface area (Å²) < 4.78 is 31.2. The van der Waals surface area contributed by atoms with Crippen molar-refractivity contribution in [2.75, 3.05) is 19.3 Å². The molecule has 0 bridgehead atoms. The van der Waals surface area contributed by atoms with E-state index < -0.39 is 15.4 Å². The minimum Gasteiger partial charge on any atom is -0.444 e. The van der Waals surface area contributed by atoms with Crippen molar-refractivity contribution >= 4 is 38.4 Å². The lowest BCUT2D eigenvalue weighted by atomic mass is 9.90. The molecule has 0 N–H and O–H groups in total. The Labute approximate surface area is 205 Å². The van der Waals surface area contributed by atoms with Crippen molar-refractivity contribution in [2.45, 2.75) is 56.6 Å². The van der Waals surface area contributed by atoms with Crippen LogP contribution in [0.2, 0.25) is 5.02 Å². The number of sulfone groups is 1. The molecule has 1 aromatic carbocycles. The van der Waals surface area contributed by atoms with Gasteiger partial charge in [0, 0.05) is 37.1 Å². The molecule has 7 nitrogen and oxygen atoms in total. The number of piperidine rings is 1. The molecule has 2 aromatic heterocycles. The molecule has 182 valence electrons. The maximum absolute atomic E-state index is 12.3. The van der Waals surface area contributed by atoms with Crippen molar-refractivity contribution < 1.29 is 17.9 Å². The SMILES string of the molecule is CC(C)(C)OC(=O)N1CCC(c2ccc(Cn3ccc4cc(S(C)(=O)=O)cc(Cl)c43)nc2)CC1. The van der Waals surface area contributed by atoms with Crippen LogP contribution in [0.1, 0.15) is 50.8 Å². The Hall–Kier alpha value is -2.58. The van der Waals surface area contributed by atoms with Gasteiger partial charge >= 0.3 is 6.09 Å². The van der Waals surface area contributed by atoms with Crippen LogP contribution in [0.3, 0.4) is 0 Å². The largest absolute Gasteiger partial charge is 0.444 e. The van der Waals surface area contributed by atoms with E-state index in [0.29, 0.717) is 30.6 Å². The van der Waals surface area contributed by atoms with Crippen molar-refractivity contribution in [2.24, 2.45) is 0 Å². The first-order chi connectivity index (χ1) is 15.9. The second kappa shape index (κ2) is 9.23. The lowest BCUT2D eigenvalue weighted by Gasteiger charge is -2.33. The molecular formula is C25H30ClN3O4S. The average Bonchev–Trinajstić information content (AvgIpc) is 3.16. The summed E-state index contributed by atoms with van der Waals surface area (Å²) in [5.74, 6) is 0.358. The molecule has 0 saturated carbocycles. The predicted octanol–water partition coefficient (Wildman–Crippen LogP) is 5.26. The number of hydrogen-bond acceptors (Lipinski definition) is 5. The molecule has 0 aliphatic carbocycles. The lowest BCUT2D eigenvalue weighted by molar-refractivity contribution is 0.0205. The van der Waals surface area contributed by atoms with Gasteiger partial charge in [0.25, 0.3) is 0 Å². The van der Waals surface area contributed by atoms with Crippen molar-refractivity contribution in [3.8, 4) is 0 Å². The van der Waals surface area contributed by atoms with E-state index in [9.17, 15) is 13.2 Å². The summed E-state index contributed by atoms with van der Waals surface area (Å²) in [7, 11) is -3.33. The van der Waals surface area contributed by atoms with Gasteiger partial charge in [0.05, 0.1) is 27.7 Å². The Bertz CT molecular complexity index is 1300. The van der Waals surface area contributed by atoms with Crippen LogP contribution in [0.25, 0.3) is 10.9 Å². The normalized spacial score (nSPS) is 15.6. The van der Waals surface area contributed by atoms with E-state index in [1.54, 1.807) is 11.0 Å². The number of rotatable bonds is 4. The topological polar surface area (TPSA) is 81.5 Å². The Morgan fingerprint density at radius 3 is 2.47 bits per heavy atom. The molecule has 1 amide bonds. The van der Waals surface area contributed by atoms with Crippen LogP contribution in [0.4, 0.5) is 4.79 Å². The number of fused-ring (bicyclic) bond motifs is 1. The minimum absolute atomic E-state index is 0.211. The molecule has 0 atom stereocenters. The highest BCUT2D eigenvalue weighted by atomic mass is 35.5. The van der Waals surface area contributed by atoms with Crippen LogP contribution in [0.15, 0.2) is 47.6 Å². The summed E-state index contributed by atoms with van der Waals surface area (Å²) in [5.41, 5.74) is 2.35. The third-order valence-electron chi connectivity index (χ3n) is 6.01. The highest BCUT2D eigenvalue weighted by Crippen LogP contribution is 2.30. The number of halogens is 1. The number of aromatic nitrogens is 2. The summed E-state index contributed by atoms with van der Waals surface area (Å²) in [6, 6.07) is 9.12. The number of pyridine rings is 1. The zero-order chi connectivity index (χ0) is 24.7. The first-order valence-electron chi connectivity index (χ1n) is 11.3. The maximum Gasteiger partial charge on any atom is 0.410 e. The van der Waals surface area contributed by atoms with E-state index in [1.165, 1.54) is 17.9 Å². The van der Waals surface area contributed by atoms with Crippen LogP contribution in [-0.2, 0) is 21.1 Å². The number of carbonyl (C=O) groups is 1. The number of nitrogens with zero attached hydrogens (tertiary/aromatic N) is 3. The number of amides is 1. The van der Waals surface area contributed by atoms with Crippen molar-refractivity contribution in [3.63, 3.8) is 0 Å². The summed E-state index contributed by atoms with van der Waals surface area (Å²) in [6.45, 7) is 7.50. The van der Waals surface area contributed by atoms with Gasteiger partial charge in [0.15, 0.2) is 9.84 Å². The Morgan fingerprint density at radius 2 is 1.88 bits per heavy atom. The molecule has 1 fully saturated rings. The van der Waals surface area contributed by atoms with Crippen LogP contribution < -0.4 is 0 Å². The van der Waals surface area contributed by atoms with Gasteiger partial charge < -0.3 is 14.2 Å². The van der Waals surface area contributed by atoms with E-state index in [0.717, 1.165) is 29.4 Å². The molecule has 1 aliphatic heterocycles. The third kappa shape index (κ3) is 5.55. The molecule has 3 aromatic rings. The molecular weight excluding hydrogens is 474 g/mol. The van der Waals surface area contributed by atoms with Gasteiger partial charge in [-0.1, -0.05) is 17.7 Å². The van der Waals surface area contributed by atoms with Gasteiger partial charge in [-0.15, -0.1) is 0 Å². The molecule has 9 heteroatoms. The van der Waals surface area contributed by atoms with Gasteiger partial charge in [-0.25, -0.2) is 13.2 Å². The summed E-state index contributed by atoms with van der Waals surface area (Å²) >= 11 is 6.43. The number of likely N-dealkylation sites (tertiary alicyclic amines) is 1. The van der Waals surface area contributed by atoms with Gasteiger partial charge in [0.1, 0.15) is 5.60 Å². The molecule has 0 spiro atoms. The van der Waals surface area contributed by atoms with Gasteiger partial charge in [-0.05, 0) is 69.4 Å². The highest BCUT2D eigenvalue weighted by molar-refractivity contribution is 7.90. The molecule has 34 heavy (non-hydrogen) atoms. The number of ether oxygens (including phenoxy) is 1. The fourth-order valence-corrected chi connectivity index (χ4v) is 5.36. The van der Waals surface area contributed by atoms with E-state index in [-0.39, 0.29) is 11.0 Å². The fourth-order valence-electron chi connectivity index (χ4n) is 4.28. The summed E-state index contributed by atoms with van der Waals surface area (Å²) in [6.07, 6.45) is 6.49. The van der Waals surface area contributed by atoms with Gasteiger partial charge in [0.2, 0.25) is 0 Å². The number of carbonyl (C=O) groups excluding carboxylic acids is 1. The van der Waals surface area contributed by atoms with E-state index in [1.807, 2.05) is 49.9 Å². The van der Waals surface area contributed by atoms with Crippen LogP contribution >= 0.6 is 11.6 Å². The van der Waals surface area contributed by atoms with E-state index in [4.69, 9.17) is 16.3 Å². The lowest BCUT2D eigenvalue weighted by Crippen LogP contribution is -2.41. The van der Waals surface area contributed by atoms with Gasteiger partial charge in [-0.3, -0.25) is 4.98 Å². The Morgan fingerprint density at radius 1 is 1.18 bits per heavy atom. The van der Waals surface area contributed by atoms with E-state index in [2.05, 4.69) is 11.1 Å². The maximum atomic E-state index is 12.3. The predicted molar refractivity (Wildman–Crippen MR) is 133 cm³/mol. The summed E-state index contributed by atoms with van der Waals surface area (Å²) in [5, 5.41) is 1.18. The molecule has 0 radical (unpaired) electrons. The minimum atomic E-state index is -3.33. The van der Waals surface area contributed by atoms with Crippen molar-refractivity contribution in [1.29, 1.82) is 0 Å². The third-order valence-corrected chi connectivity index (χ3v) is 7.39. The molecule has 1 aliphatic rings. The molecule has 0 unspecified atom stereocenters. The fraction of sp³-hybridized carbons (Fsp3) is 0.440. The second-order valence-corrected chi connectivity index (χ2v) is 12.3. The smallest absolute Gasteiger partial charge is 0.410 e. The molecule has 3 heterocycles. The van der Waals surface area contributed by atoms with Crippen LogP contribution in [0, 0.1) is 0 Å². The monoisotopic (exact) mass is 503 g/mol. The zero-order valence-corrected chi connectivity index (χ0v) is 21.5. The standard InChI is InChI=1S/C25H30ClN3O4S/c1-25(2,3)33-24(30)28-10-7-17(8-11-28)19-5-6-20(27-15-19)16-29-12-9-18-13-21(34(4,31)32)14-22(26)23(18)29/h5-6,9,12-15,17H,7-8,10-11,16H2,1-4H3. The Kier molecular flexibility index (Phi) is 6.66. The molecule has 1 saturated heterocycles. The van der Waals surface area contributed by atoms with E-state index >= 15 is 0 Å². The van der Waals surface area contributed by atoms with Gasteiger partial charge in [-0.2, -0.15) is 0 Å². The number of benzene rings is 1.